The standard InChI is InChI=1S/C63H39N5OS/c1-4-16-38(17-5-1)61-64-62(39-18-6-2-7-19-39)66-63(65-61)46-30-32-53(59-45-24-11-14-26-56(45)69-60(46)59)68-52-31-28-40(41-29-33-58-50(35-41)44-23-12-15-27-57(44)70-58)34-47(52)49-36-48-43-22-10-13-25-51(43)67(54(48)37-55(49)68)42-20-8-3-9-21-42/h1-37,45,56H. The molecule has 6 nitrogen and oxygen atoms in total. The molecule has 70 heavy (non-hydrogen) atoms. The van der Waals surface area contributed by atoms with Crippen LogP contribution in [0.25, 0.3) is 120 Å². The van der Waals surface area contributed by atoms with Crippen LogP contribution >= 0.6 is 11.3 Å². The lowest BCUT2D eigenvalue weighted by atomic mass is 9.89. The van der Waals surface area contributed by atoms with Crippen molar-refractivity contribution >= 4 is 75.1 Å². The summed E-state index contributed by atoms with van der Waals surface area (Å²) in [6.45, 7) is 0. The Balaban J connectivity index is 1.01. The van der Waals surface area contributed by atoms with Crippen molar-refractivity contribution in [2.24, 2.45) is 0 Å². The van der Waals surface area contributed by atoms with Gasteiger partial charge in [-0.15, -0.1) is 11.3 Å². The van der Waals surface area contributed by atoms with Gasteiger partial charge in [-0.25, -0.2) is 15.0 Å². The van der Waals surface area contributed by atoms with E-state index in [-0.39, 0.29) is 12.0 Å². The highest BCUT2D eigenvalue weighted by atomic mass is 32.1. The number of hydrogen-bond acceptors (Lipinski definition) is 5. The number of aromatic nitrogens is 5. The third-order valence-electron chi connectivity index (χ3n) is 14.3. The second-order valence-corrected chi connectivity index (χ2v) is 19.3. The third-order valence-corrected chi connectivity index (χ3v) is 15.5. The van der Waals surface area contributed by atoms with E-state index in [0.717, 1.165) is 55.9 Å². The van der Waals surface area contributed by atoms with Gasteiger partial charge in [-0.1, -0.05) is 146 Å². The van der Waals surface area contributed by atoms with Crippen LogP contribution in [0.4, 0.5) is 0 Å². The highest BCUT2D eigenvalue weighted by molar-refractivity contribution is 7.25. The molecule has 2 atom stereocenters. The highest BCUT2D eigenvalue weighted by Crippen LogP contribution is 2.51. The van der Waals surface area contributed by atoms with Crippen LogP contribution in [0.3, 0.4) is 0 Å². The van der Waals surface area contributed by atoms with Gasteiger partial charge in [0.1, 0.15) is 11.9 Å². The van der Waals surface area contributed by atoms with Crippen molar-refractivity contribution in [3.63, 3.8) is 0 Å². The summed E-state index contributed by atoms with van der Waals surface area (Å²) in [5, 5.41) is 7.40. The van der Waals surface area contributed by atoms with E-state index in [1.54, 1.807) is 0 Å². The minimum atomic E-state index is -0.195. The second-order valence-electron chi connectivity index (χ2n) is 18.2. The van der Waals surface area contributed by atoms with Gasteiger partial charge in [-0.05, 0) is 90.0 Å². The fourth-order valence-corrected chi connectivity index (χ4v) is 12.2. The molecule has 2 unspecified atom stereocenters. The largest absolute Gasteiger partial charge is 0.484 e. The lowest BCUT2D eigenvalue weighted by Crippen LogP contribution is -2.16. The SMILES string of the molecule is C1=CC2Oc3c(-c4nc(-c5ccccc5)nc(-c5ccccc5)n4)ccc(-n4c5ccc(-c6ccc7sc8ccccc8c7c6)cc5c5cc6c7ccccc7n(-c7ccccc7)c6cc54)c3C2C=C1. The first-order valence-electron chi connectivity index (χ1n) is 23.7. The maximum absolute atomic E-state index is 7.12. The molecule has 1 aliphatic heterocycles. The minimum Gasteiger partial charge on any atom is -0.484 e. The fourth-order valence-electron chi connectivity index (χ4n) is 11.1. The van der Waals surface area contributed by atoms with Crippen LogP contribution < -0.4 is 4.74 Å². The average Bonchev–Trinajstić information content (AvgIpc) is 4.18. The highest BCUT2D eigenvalue weighted by Gasteiger charge is 2.38. The van der Waals surface area contributed by atoms with Crippen LogP contribution in [0.15, 0.2) is 224 Å². The van der Waals surface area contributed by atoms with Crippen molar-refractivity contribution in [1.29, 1.82) is 0 Å². The van der Waals surface area contributed by atoms with Crippen LogP contribution in [0, 0.1) is 0 Å². The van der Waals surface area contributed by atoms with Crippen molar-refractivity contribution in [3.05, 3.63) is 230 Å². The Labute approximate surface area is 406 Å². The molecular formula is C63H39N5OS. The van der Waals surface area contributed by atoms with Crippen LogP contribution in [0.5, 0.6) is 5.75 Å². The summed E-state index contributed by atoms with van der Waals surface area (Å²) < 4.78 is 14.6. The molecule has 0 bridgehead atoms. The predicted molar refractivity (Wildman–Crippen MR) is 289 cm³/mol. The molecule has 4 aromatic heterocycles. The normalized spacial score (nSPS) is 15.1. The maximum Gasteiger partial charge on any atom is 0.167 e. The summed E-state index contributed by atoms with van der Waals surface area (Å²) in [4.78, 5) is 15.4. The van der Waals surface area contributed by atoms with E-state index in [2.05, 4.69) is 173 Å². The van der Waals surface area contributed by atoms with Gasteiger partial charge in [0.05, 0.1) is 33.3 Å². The summed E-state index contributed by atoms with van der Waals surface area (Å²) in [5.74, 6) is 2.53. The van der Waals surface area contributed by atoms with Crippen molar-refractivity contribution in [2.75, 3.05) is 0 Å². The summed E-state index contributed by atoms with van der Waals surface area (Å²) in [5.41, 5.74) is 12.9. The van der Waals surface area contributed by atoms with E-state index < -0.39 is 0 Å². The molecule has 7 heteroatoms. The first kappa shape index (κ1) is 39.1. The summed E-state index contributed by atoms with van der Waals surface area (Å²) in [7, 11) is 0. The molecule has 5 heterocycles. The van der Waals surface area contributed by atoms with E-state index in [1.165, 1.54) is 58.4 Å². The lowest BCUT2D eigenvalue weighted by Gasteiger charge is -2.18. The van der Waals surface area contributed by atoms with Crippen LogP contribution in [0.1, 0.15) is 11.5 Å². The first-order valence-corrected chi connectivity index (χ1v) is 24.6. The fraction of sp³-hybridized carbons (Fsp3) is 0.0317. The zero-order valence-electron chi connectivity index (χ0n) is 37.6. The number of benzene rings is 9. The Morgan fingerprint density at radius 1 is 0.400 bits per heavy atom. The first-order chi connectivity index (χ1) is 34.7. The lowest BCUT2D eigenvalue weighted by molar-refractivity contribution is 0.269. The van der Waals surface area contributed by atoms with Gasteiger partial charge in [0, 0.05) is 70.0 Å². The summed E-state index contributed by atoms with van der Waals surface area (Å²) in [6.07, 6.45) is 8.49. The van der Waals surface area contributed by atoms with E-state index in [0.29, 0.717) is 17.5 Å². The predicted octanol–water partition coefficient (Wildman–Crippen LogP) is 16.1. The molecule has 0 N–H and O–H groups in total. The maximum atomic E-state index is 7.12. The van der Waals surface area contributed by atoms with Crippen molar-refractivity contribution < 1.29 is 4.74 Å². The second kappa shape index (κ2) is 15.3. The van der Waals surface area contributed by atoms with Gasteiger partial charge in [-0.3, -0.25) is 0 Å². The number of fused-ring (bicyclic) bond motifs is 12. The Morgan fingerprint density at radius 2 is 0.986 bits per heavy atom. The van der Waals surface area contributed by atoms with E-state index in [4.69, 9.17) is 19.7 Å². The zero-order valence-corrected chi connectivity index (χ0v) is 38.4. The number of rotatable bonds is 6. The number of para-hydroxylation sites is 2. The molecule has 0 saturated carbocycles. The van der Waals surface area contributed by atoms with Gasteiger partial charge >= 0.3 is 0 Å². The Bertz CT molecular complexity index is 4280. The number of allylic oxidation sites excluding steroid dienone is 2. The molecule has 328 valence electrons. The van der Waals surface area contributed by atoms with Crippen LogP contribution in [-0.2, 0) is 0 Å². The molecule has 0 fully saturated rings. The topological polar surface area (TPSA) is 57.8 Å². The molecule has 15 rings (SSSR count). The van der Waals surface area contributed by atoms with E-state index in [9.17, 15) is 0 Å². The van der Waals surface area contributed by atoms with E-state index >= 15 is 0 Å². The van der Waals surface area contributed by atoms with Gasteiger partial charge in [0.25, 0.3) is 0 Å². The molecule has 0 amide bonds. The Kier molecular flexibility index (Phi) is 8.55. The zero-order chi connectivity index (χ0) is 45.9. The molecule has 0 radical (unpaired) electrons. The number of thiophene rings is 1. The summed E-state index contributed by atoms with van der Waals surface area (Å²) in [6, 6.07) is 71.8. The minimum absolute atomic E-state index is 0.0441. The van der Waals surface area contributed by atoms with Gasteiger partial charge in [-0.2, -0.15) is 0 Å². The molecule has 0 saturated heterocycles. The van der Waals surface area contributed by atoms with Crippen molar-refractivity contribution in [2.45, 2.75) is 12.0 Å². The van der Waals surface area contributed by atoms with Crippen molar-refractivity contribution in [3.8, 4) is 62.4 Å². The third kappa shape index (κ3) is 5.95. The molecule has 2 aliphatic rings. The summed E-state index contributed by atoms with van der Waals surface area (Å²) >= 11 is 1.85. The molecule has 13 aromatic rings. The monoisotopic (exact) mass is 913 g/mol. The number of hydrogen-bond donors (Lipinski definition) is 0. The molecule has 9 aromatic carbocycles. The molecule has 0 spiro atoms. The van der Waals surface area contributed by atoms with Gasteiger partial charge in [0.2, 0.25) is 0 Å². The average molecular weight is 914 g/mol. The Morgan fingerprint density at radius 3 is 1.77 bits per heavy atom. The van der Waals surface area contributed by atoms with Crippen molar-refractivity contribution in [1.82, 2.24) is 24.1 Å². The van der Waals surface area contributed by atoms with Crippen LogP contribution in [-0.4, -0.2) is 30.2 Å². The molecular weight excluding hydrogens is 875 g/mol. The Hall–Kier alpha value is -8.91. The van der Waals surface area contributed by atoms with Gasteiger partial charge < -0.3 is 13.9 Å². The number of nitrogens with zero attached hydrogens (tertiary/aromatic N) is 5. The smallest absolute Gasteiger partial charge is 0.167 e. The van der Waals surface area contributed by atoms with Crippen LogP contribution in [0.2, 0.25) is 0 Å². The van der Waals surface area contributed by atoms with Gasteiger partial charge in [0.15, 0.2) is 17.5 Å². The number of ether oxygens (including phenoxy) is 1. The van der Waals surface area contributed by atoms with E-state index in [1.807, 2.05) is 72.0 Å². The molecule has 1 aliphatic carbocycles. The quantitative estimate of drug-likeness (QED) is 0.167.